The van der Waals surface area contributed by atoms with Gasteiger partial charge in [-0.05, 0) is 75.4 Å². The number of nitrogens with zero attached hydrogens (tertiary/aromatic N) is 1. The number of hydrogen-bond acceptors (Lipinski definition) is 3. The molecule has 0 saturated carbocycles. The van der Waals surface area contributed by atoms with Crippen molar-refractivity contribution in [2.24, 2.45) is 0 Å². The number of piperidine rings is 1. The first-order chi connectivity index (χ1) is 9.97. The molecule has 2 bridgehead atoms. The van der Waals surface area contributed by atoms with Crippen LogP contribution in [-0.4, -0.2) is 36.6 Å². The zero-order chi connectivity index (χ0) is 15.2. The zero-order valence-electron chi connectivity index (χ0n) is 13.5. The van der Waals surface area contributed by atoms with Crippen molar-refractivity contribution < 1.29 is 9.53 Å². The van der Waals surface area contributed by atoms with E-state index in [1.807, 2.05) is 13.0 Å². The van der Waals surface area contributed by atoms with Gasteiger partial charge in [0.1, 0.15) is 0 Å². The SMILES string of the molecule is CCOC(=O)c1ccc2c(c1)C(C)C1(C)CC2CCN1C. The first kappa shape index (κ1) is 14.6. The molecule has 1 aliphatic heterocycles. The Labute approximate surface area is 127 Å². The lowest BCUT2D eigenvalue weighted by atomic mass is 9.63. The van der Waals surface area contributed by atoms with Crippen LogP contribution in [0.4, 0.5) is 0 Å². The minimum Gasteiger partial charge on any atom is -0.462 e. The van der Waals surface area contributed by atoms with E-state index in [0.29, 0.717) is 24.0 Å². The van der Waals surface area contributed by atoms with Crippen molar-refractivity contribution in [3.63, 3.8) is 0 Å². The topological polar surface area (TPSA) is 29.5 Å². The summed E-state index contributed by atoms with van der Waals surface area (Å²) in [6.45, 7) is 8.09. The molecule has 1 saturated heterocycles. The number of rotatable bonds is 2. The monoisotopic (exact) mass is 287 g/mol. The van der Waals surface area contributed by atoms with Gasteiger partial charge in [0.25, 0.3) is 0 Å². The molecule has 1 aromatic rings. The summed E-state index contributed by atoms with van der Waals surface area (Å²) in [6.07, 6.45) is 2.43. The van der Waals surface area contributed by atoms with Crippen molar-refractivity contribution in [1.82, 2.24) is 4.90 Å². The molecule has 1 fully saturated rings. The van der Waals surface area contributed by atoms with Crippen LogP contribution < -0.4 is 0 Å². The van der Waals surface area contributed by atoms with Crippen LogP contribution in [0.5, 0.6) is 0 Å². The highest BCUT2D eigenvalue weighted by Crippen LogP contribution is 2.51. The molecule has 1 aromatic carbocycles. The number of esters is 1. The predicted octanol–water partition coefficient (Wildman–Crippen LogP) is 3.55. The van der Waals surface area contributed by atoms with Gasteiger partial charge in [0.15, 0.2) is 0 Å². The molecule has 0 radical (unpaired) electrons. The number of likely N-dealkylation sites (tertiary alicyclic amines) is 1. The third kappa shape index (κ3) is 2.18. The molecule has 1 aliphatic carbocycles. The normalized spacial score (nSPS) is 31.6. The molecule has 0 aromatic heterocycles. The van der Waals surface area contributed by atoms with Crippen LogP contribution in [0.1, 0.15) is 66.9 Å². The summed E-state index contributed by atoms with van der Waals surface area (Å²) in [4.78, 5) is 14.5. The van der Waals surface area contributed by atoms with Gasteiger partial charge in [-0.1, -0.05) is 13.0 Å². The standard InChI is InChI=1S/C18H25NO2/c1-5-21-17(20)13-6-7-15-14-8-9-19(4)18(3,11-14)12(2)16(15)10-13/h6-7,10,12,14H,5,8-9,11H2,1-4H3. The van der Waals surface area contributed by atoms with Crippen molar-refractivity contribution in [1.29, 1.82) is 0 Å². The van der Waals surface area contributed by atoms with Crippen molar-refractivity contribution in [2.45, 2.75) is 51.0 Å². The first-order valence-electron chi connectivity index (χ1n) is 7.99. The summed E-state index contributed by atoms with van der Waals surface area (Å²) >= 11 is 0. The Morgan fingerprint density at radius 2 is 2.19 bits per heavy atom. The van der Waals surface area contributed by atoms with E-state index in [4.69, 9.17) is 4.74 Å². The summed E-state index contributed by atoms with van der Waals surface area (Å²) < 4.78 is 5.15. The summed E-state index contributed by atoms with van der Waals surface area (Å²) in [7, 11) is 2.23. The van der Waals surface area contributed by atoms with Crippen molar-refractivity contribution >= 4 is 5.97 Å². The second-order valence-corrected chi connectivity index (χ2v) is 6.75. The zero-order valence-corrected chi connectivity index (χ0v) is 13.5. The Bertz CT molecular complexity index is 568. The van der Waals surface area contributed by atoms with Gasteiger partial charge < -0.3 is 9.64 Å². The van der Waals surface area contributed by atoms with Crippen LogP contribution >= 0.6 is 0 Å². The third-order valence-electron chi connectivity index (χ3n) is 5.78. The van der Waals surface area contributed by atoms with Crippen LogP contribution in [0.25, 0.3) is 0 Å². The van der Waals surface area contributed by atoms with Crippen LogP contribution in [0.15, 0.2) is 18.2 Å². The van der Waals surface area contributed by atoms with E-state index in [1.54, 1.807) is 0 Å². The molecule has 0 spiro atoms. The Morgan fingerprint density at radius 1 is 1.43 bits per heavy atom. The van der Waals surface area contributed by atoms with Gasteiger partial charge in [0.05, 0.1) is 12.2 Å². The van der Waals surface area contributed by atoms with E-state index in [9.17, 15) is 4.79 Å². The fourth-order valence-corrected chi connectivity index (χ4v) is 4.13. The van der Waals surface area contributed by atoms with E-state index in [1.165, 1.54) is 24.0 Å². The first-order valence-corrected chi connectivity index (χ1v) is 7.99. The molecule has 0 amide bonds. The summed E-state index contributed by atoms with van der Waals surface area (Å²) in [6, 6.07) is 6.17. The van der Waals surface area contributed by atoms with Gasteiger partial charge in [0, 0.05) is 5.54 Å². The maximum absolute atomic E-state index is 12.0. The van der Waals surface area contributed by atoms with Crippen LogP contribution in [0, 0.1) is 0 Å². The number of carbonyl (C=O) groups is 1. The minimum absolute atomic E-state index is 0.198. The molecule has 3 rings (SSSR count). The summed E-state index contributed by atoms with van der Waals surface area (Å²) in [5.41, 5.74) is 3.67. The van der Waals surface area contributed by atoms with Gasteiger partial charge in [-0.25, -0.2) is 4.79 Å². The lowest BCUT2D eigenvalue weighted by molar-refractivity contribution is 0.0452. The van der Waals surface area contributed by atoms with E-state index in [2.05, 4.69) is 37.9 Å². The molecule has 21 heavy (non-hydrogen) atoms. The number of fused-ring (bicyclic) bond motifs is 4. The average Bonchev–Trinajstić information content (AvgIpc) is 2.48. The molecule has 3 atom stereocenters. The number of likely N-dealkylation sites (N-methyl/N-ethyl adjacent to an activating group) is 1. The van der Waals surface area contributed by atoms with Gasteiger partial charge in [-0.3, -0.25) is 0 Å². The highest BCUT2D eigenvalue weighted by molar-refractivity contribution is 5.89. The maximum Gasteiger partial charge on any atom is 0.338 e. The second kappa shape index (κ2) is 5.13. The van der Waals surface area contributed by atoms with Gasteiger partial charge in [-0.15, -0.1) is 0 Å². The molecule has 1 heterocycles. The molecule has 3 unspecified atom stereocenters. The Balaban J connectivity index is 2.04. The number of carbonyl (C=O) groups excluding carboxylic acids is 1. The molecule has 114 valence electrons. The summed E-state index contributed by atoms with van der Waals surface area (Å²) in [5.74, 6) is 0.860. The molecule has 3 nitrogen and oxygen atoms in total. The lowest BCUT2D eigenvalue weighted by Gasteiger charge is -2.54. The van der Waals surface area contributed by atoms with Crippen molar-refractivity contribution in [3.8, 4) is 0 Å². The van der Waals surface area contributed by atoms with Gasteiger partial charge in [0.2, 0.25) is 0 Å². The highest BCUT2D eigenvalue weighted by atomic mass is 16.5. The molecular weight excluding hydrogens is 262 g/mol. The fourth-order valence-electron chi connectivity index (χ4n) is 4.13. The van der Waals surface area contributed by atoms with Gasteiger partial charge in [-0.2, -0.15) is 0 Å². The van der Waals surface area contributed by atoms with Crippen LogP contribution in [-0.2, 0) is 4.74 Å². The van der Waals surface area contributed by atoms with E-state index in [0.717, 1.165) is 6.54 Å². The fraction of sp³-hybridized carbons (Fsp3) is 0.611. The Kier molecular flexibility index (Phi) is 3.56. The molecule has 0 N–H and O–H groups in total. The van der Waals surface area contributed by atoms with E-state index >= 15 is 0 Å². The number of hydrogen-bond donors (Lipinski definition) is 0. The maximum atomic E-state index is 12.0. The lowest BCUT2D eigenvalue weighted by Crippen LogP contribution is -2.54. The average molecular weight is 287 g/mol. The van der Waals surface area contributed by atoms with Crippen molar-refractivity contribution in [2.75, 3.05) is 20.2 Å². The largest absolute Gasteiger partial charge is 0.462 e. The molecular formula is C18H25NO2. The Hall–Kier alpha value is -1.35. The Morgan fingerprint density at radius 3 is 2.90 bits per heavy atom. The second-order valence-electron chi connectivity index (χ2n) is 6.75. The predicted molar refractivity (Wildman–Crippen MR) is 83.8 cm³/mol. The number of ether oxygens (including phenoxy) is 1. The van der Waals surface area contributed by atoms with E-state index < -0.39 is 0 Å². The quantitative estimate of drug-likeness (QED) is 0.779. The smallest absolute Gasteiger partial charge is 0.338 e. The highest BCUT2D eigenvalue weighted by Gasteiger charge is 2.46. The van der Waals surface area contributed by atoms with E-state index in [-0.39, 0.29) is 11.5 Å². The van der Waals surface area contributed by atoms with Gasteiger partial charge >= 0.3 is 5.97 Å². The summed E-state index contributed by atoms with van der Waals surface area (Å²) in [5, 5.41) is 0. The van der Waals surface area contributed by atoms with Crippen molar-refractivity contribution in [3.05, 3.63) is 34.9 Å². The third-order valence-corrected chi connectivity index (χ3v) is 5.78. The minimum atomic E-state index is -0.207. The molecule has 3 heteroatoms. The number of benzene rings is 1. The molecule has 2 aliphatic rings. The van der Waals surface area contributed by atoms with Crippen LogP contribution in [0.2, 0.25) is 0 Å². The van der Waals surface area contributed by atoms with Crippen LogP contribution in [0.3, 0.4) is 0 Å².